The molecule has 1 heterocycles. The molecule has 1 aliphatic heterocycles. The monoisotopic (exact) mass is 262 g/mol. The molecular weight excluding hydrogens is 236 g/mol. The molecule has 0 amide bonds. The Morgan fingerprint density at radius 3 is 2.68 bits per heavy atom. The topological polar surface area (TPSA) is 38.5 Å². The predicted molar refractivity (Wildman–Crippen MR) is 78.9 cm³/mol. The van der Waals surface area contributed by atoms with E-state index in [2.05, 4.69) is 43.0 Å². The van der Waals surface area contributed by atoms with E-state index < -0.39 is 0 Å². The van der Waals surface area contributed by atoms with Gasteiger partial charge < -0.3 is 10.5 Å². The Bertz CT molecular complexity index is 407. The van der Waals surface area contributed by atoms with Crippen LogP contribution in [0.4, 0.5) is 0 Å². The van der Waals surface area contributed by atoms with Gasteiger partial charge in [0, 0.05) is 32.3 Å². The van der Waals surface area contributed by atoms with E-state index in [-0.39, 0.29) is 0 Å². The molecule has 1 aromatic rings. The number of methoxy groups -OCH3 is 1. The smallest absolute Gasteiger partial charge is 0.0716 e. The third-order valence-corrected chi connectivity index (χ3v) is 4.17. The molecule has 3 heteroatoms. The molecule has 0 bridgehead atoms. The molecule has 106 valence electrons. The first kappa shape index (κ1) is 14.5. The first-order valence-corrected chi connectivity index (χ1v) is 7.20. The fourth-order valence-corrected chi connectivity index (χ4v) is 3.35. The van der Waals surface area contributed by atoms with Crippen LogP contribution in [0.1, 0.15) is 37.4 Å². The summed E-state index contributed by atoms with van der Waals surface area (Å²) in [5, 5.41) is 0. The Balaban J connectivity index is 2.26. The molecule has 19 heavy (non-hydrogen) atoms. The molecule has 3 nitrogen and oxygen atoms in total. The fourth-order valence-electron chi connectivity index (χ4n) is 3.35. The summed E-state index contributed by atoms with van der Waals surface area (Å²) in [6.45, 7) is 7.10. The van der Waals surface area contributed by atoms with Crippen LogP contribution in [0.25, 0.3) is 0 Å². The van der Waals surface area contributed by atoms with Gasteiger partial charge in [0.1, 0.15) is 0 Å². The van der Waals surface area contributed by atoms with E-state index in [1.54, 1.807) is 7.11 Å². The molecule has 1 aromatic carbocycles. The molecule has 1 fully saturated rings. The first-order chi connectivity index (χ1) is 9.17. The molecule has 3 atom stereocenters. The molecule has 0 aromatic heterocycles. The first-order valence-electron chi connectivity index (χ1n) is 7.20. The van der Waals surface area contributed by atoms with Crippen LogP contribution in [-0.4, -0.2) is 31.1 Å². The molecular formula is C16H26N2O. The zero-order valence-corrected chi connectivity index (χ0v) is 12.3. The highest BCUT2D eigenvalue weighted by Gasteiger charge is 2.32. The van der Waals surface area contributed by atoms with Crippen molar-refractivity contribution < 1.29 is 4.74 Å². The van der Waals surface area contributed by atoms with Crippen molar-refractivity contribution in [1.82, 2.24) is 4.90 Å². The van der Waals surface area contributed by atoms with Gasteiger partial charge in [0.15, 0.2) is 0 Å². The summed E-state index contributed by atoms with van der Waals surface area (Å²) in [5.41, 5.74) is 8.66. The van der Waals surface area contributed by atoms with Crippen molar-refractivity contribution in [3.63, 3.8) is 0 Å². The van der Waals surface area contributed by atoms with Gasteiger partial charge in [-0.25, -0.2) is 0 Å². The molecule has 2 rings (SSSR count). The molecule has 0 aliphatic carbocycles. The van der Waals surface area contributed by atoms with Crippen LogP contribution in [0.2, 0.25) is 0 Å². The van der Waals surface area contributed by atoms with Crippen molar-refractivity contribution in [2.24, 2.45) is 11.7 Å². The number of benzene rings is 1. The van der Waals surface area contributed by atoms with E-state index in [4.69, 9.17) is 10.5 Å². The number of likely N-dealkylation sites (tertiary alicyclic amines) is 1. The van der Waals surface area contributed by atoms with E-state index in [0.717, 1.165) is 12.5 Å². The Hall–Kier alpha value is -0.900. The highest BCUT2D eigenvalue weighted by Crippen LogP contribution is 2.33. The minimum Gasteiger partial charge on any atom is -0.380 e. The number of nitrogens with two attached hydrogens (primary N) is 1. The Morgan fingerprint density at radius 2 is 2.11 bits per heavy atom. The molecule has 1 saturated heterocycles. The van der Waals surface area contributed by atoms with Gasteiger partial charge in [-0.2, -0.15) is 0 Å². The third-order valence-electron chi connectivity index (χ3n) is 4.17. The molecule has 0 spiro atoms. The van der Waals surface area contributed by atoms with Crippen LogP contribution in [0.5, 0.6) is 0 Å². The van der Waals surface area contributed by atoms with Gasteiger partial charge in [0.2, 0.25) is 0 Å². The van der Waals surface area contributed by atoms with Crippen molar-refractivity contribution in [3.8, 4) is 0 Å². The SMILES string of the molecule is COCc1ccccc1C(CN)N1CC(C)CC1C. The van der Waals surface area contributed by atoms with Gasteiger partial charge >= 0.3 is 0 Å². The molecule has 0 radical (unpaired) electrons. The van der Waals surface area contributed by atoms with Crippen molar-refractivity contribution in [2.75, 3.05) is 20.2 Å². The van der Waals surface area contributed by atoms with Crippen molar-refractivity contribution in [2.45, 2.75) is 39.0 Å². The molecule has 3 unspecified atom stereocenters. The predicted octanol–water partition coefficient (Wildman–Crippen LogP) is 2.56. The van der Waals surface area contributed by atoms with Crippen molar-refractivity contribution >= 4 is 0 Å². The minimum atomic E-state index is 0.311. The van der Waals surface area contributed by atoms with E-state index in [1.807, 2.05) is 0 Å². The maximum absolute atomic E-state index is 6.07. The average Bonchev–Trinajstić information content (AvgIpc) is 2.72. The maximum Gasteiger partial charge on any atom is 0.0716 e. The van der Waals surface area contributed by atoms with Crippen LogP contribution in [0.15, 0.2) is 24.3 Å². The highest BCUT2D eigenvalue weighted by atomic mass is 16.5. The van der Waals surface area contributed by atoms with Crippen molar-refractivity contribution in [3.05, 3.63) is 35.4 Å². The number of rotatable bonds is 5. The number of hydrogen-bond donors (Lipinski definition) is 1. The molecule has 1 aliphatic rings. The van der Waals surface area contributed by atoms with Crippen molar-refractivity contribution in [1.29, 1.82) is 0 Å². The third kappa shape index (κ3) is 3.16. The van der Waals surface area contributed by atoms with Gasteiger partial charge in [-0.3, -0.25) is 4.90 Å². The normalized spacial score (nSPS) is 25.7. The average molecular weight is 262 g/mol. The summed E-state index contributed by atoms with van der Waals surface area (Å²) in [6, 6.07) is 9.43. The van der Waals surface area contributed by atoms with Gasteiger partial charge in [-0.05, 0) is 30.4 Å². The molecule has 0 saturated carbocycles. The van der Waals surface area contributed by atoms with E-state index >= 15 is 0 Å². The summed E-state index contributed by atoms with van der Waals surface area (Å²) >= 11 is 0. The summed E-state index contributed by atoms with van der Waals surface area (Å²) in [6.07, 6.45) is 1.27. The second-order valence-electron chi connectivity index (χ2n) is 5.77. The van der Waals surface area contributed by atoms with Crippen LogP contribution < -0.4 is 5.73 Å². The van der Waals surface area contributed by atoms with Crippen LogP contribution in [0, 0.1) is 5.92 Å². The summed E-state index contributed by atoms with van der Waals surface area (Å²) in [7, 11) is 1.74. The second-order valence-corrected chi connectivity index (χ2v) is 5.77. The zero-order valence-electron chi connectivity index (χ0n) is 12.3. The summed E-state index contributed by atoms with van der Waals surface area (Å²) in [5.74, 6) is 0.763. The van der Waals surface area contributed by atoms with E-state index in [1.165, 1.54) is 17.5 Å². The van der Waals surface area contributed by atoms with E-state index in [0.29, 0.717) is 25.2 Å². The number of nitrogens with zero attached hydrogens (tertiary/aromatic N) is 1. The Kier molecular flexibility index (Phi) is 4.97. The van der Waals surface area contributed by atoms with Gasteiger partial charge in [0.05, 0.1) is 6.61 Å². The fraction of sp³-hybridized carbons (Fsp3) is 0.625. The maximum atomic E-state index is 6.07. The Morgan fingerprint density at radius 1 is 1.37 bits per heavy atom. The Labute approximate surface area is 116 Å². The highest BCUT2D eigenvalue weighted by molar-refractivity contribution is 5.30. The zero-order chi connectivity index (χ0) is 13.8. The standard InChI is InChI=1S/C16H26N2O/c1-12-8-13(2)18(10-12)16(9-17)15-7-5-4-6-14(15)11-19-3/h4-7,12-13,16H,8-11,17H2,1-3H3. The quantitative estimate of drug-likeness (QED) is 0.886. The largest absolute Gasteiger partial charge is 0.380 e. The number of ether oxygens (including phenoxy) is 1. The lowest BCUT2D eigenvalue weighted by atomic mass is 9.99. The molecule has 2 N–H and O–H groups in total. The van der Waals surface area contributed by atoms with Crippen LogP contribution in [0.3, 0.4) is 0 Å². The lowest BCUT2D eigenvalue weighted by Gasteiger charge is -2.32. The number of hydrogen-bond acceptors (Lipinski definition) is 3. The minimum absolute atomic E-state index is 0.311. The lowest BCUT2D eigenvalue weighted by molar-refractivity contribution is 0.171. The van der Waals surface area contributed by atoms with Crippen LogP contribution in [-0.2, 0) is 11.3 Å². The van der Waals surface area contributed by atoms with Gasteiger partial charge in [-0.15, -0.1) is 0 Å². The van der Waals surface area contributed by atoms with E-state index in [9.17, 15) is 0 Å². The van der Waals surface area contributed by atoms with Gasteiger partial charge in [0.25, 0.3) is 0 Å². The summed E-state index contributed by atoms with van der Waals surface area (Å²) < 4.78 is 5.31. The van der Waals surface area contributed by atoms with Crippen LogP contribution >= 0.6 is 0 Å². The summed E-state index contributed by atoms with van der Waals surface area (Å²) in [4.78, 5) is 2.55. The lowest BCUT2D eigenvalue weighted by Crippen LogP contribution is -2.36. The van der Waals surface area contributed by atoms with Gasteiger partial charge in [-0.1, -0.05) is 31.2 Å². The second kappa shape index (κ2) is 6.51.